The Hall–Kier alpha value is -1.06. The average molecular weight is 244 g/mol. The van der Waals surface area contributed by atoms with Crippen molar-refractivity contribution in [3.63, 3.8) is 0 Å². The van der Waals surface area contributed by atoms with Crippen LogP contribution < -0.4 is 0 Å². The summed E-state index contributed by atoms with van der Waals surface area (Å²) in [6, 6.07) is 0. The van der Waals surface area contributed by atoms with E-state index in [1.54, 1.807) is 20.8 Å². The van der Waals surface area contributed by atoms with Crippen LogP contribution in [0.5, 0.6) is 0 Å². The number of carboxylic acids is 2. The second-order valence-electron chi connectivity index (χ2n) is 5.58. The smallest absolute Gasteiger partial charge is 0.321 e. The minimum absolute atomic E-state index is 0.196. The Balaban J connectivity index is 4.96. The minimum atomic E-state index is -1.68. The van der Waals surface area contributed by atoms with Crippen LogP contribution in [-0.4, -0.2) is 22.2 Å². The molecule has 0 heterocycles. The Kier molecular flexibility index (Phi) is 5.66. The summed E-state index contributed by atoms with van der Waals surface area (Å²) in [5.74, 6) is -2.46. The fraction of sp³-hybridized carbons (Fsp3) is 0.846. The number of hydrogen-bond donors (Lipinski definition) is 2. The van der Waals surface area contributed by atoms with Gasteiger partial charge >= 0.3 is 11.9 Å². The molecule has 0 aliphatic rings. The molecule has 0 spiro atoms. The first-order valence-electron chi connectivity index (χ1n) is 6.17. The van der Waals surface area contributed by atoms with Crippen LogP contribution in [0.3, 0.4) is 0 Å². The van der Waals surface area contributed by atoms with Gasteiger partial charge in [0.05, 0.1) is 0 Å². The van der Waals surface area contributed by atoms with Gasteiger partial charge in [-0.05, 0) is 11.8 Å². The quantitative estimate of drug-likeness (QED) is 0.533. The maximum Gasteiger partial charge on any atom is 0.321 e. The molecule has 4 heteroatoms. The maximum atomic E-state index is 11.4. The Morgan fingerprint density at radius 3 is 1.71 bits per heavy atom. The van der Waals surface area contributed by atoms with Crippen molar-refractivity contribution in [2.24, 2.45) is 10.8 Å². The zero-order valence-electron chi connectivity index (χ0n) is 11.2. The second kappa shape index (κ2) is 6.03. The maximum absolute atomic E-state index is 11.4. The number of unbranched alkanes of at least 4 members (excludes halogenated alkanes) is 3. The van der Waals surface area contributed by atoms with Gasteiger partial charge in [-0.3, -0.25) is 9.59 Å². The molecule has 0 amide bonds. The standard InChI is InChI=1S/C13H24O4/c1-5-6-7-8-9-13(10(14)15,11(16)17)12(2,3)4/h5-9H2,1-4H3,(H,14,15)(H,16,17). The highest BCUT2D eigenvalue weighted by molar-refractivity contribution is 5.99. The van der Waals surface area contributed by atoms with Crippen LogP contribution in [0.25, 0.3) is 0 Å². The van der Waals surface area contributed by atoms with E-state index in [9.17, 15) is 19.8 Å². The summed E-state index contributed by atoms with van der Waals surface area (Å²) in [6.45, 7) is 7.09. The molecule has 0 aliphatic heterocycles. The van der Waals surface area contributed by atoms with E-state index in [4.69, 9.17) is 0 Å². The third-order valence-corrected chi connectivity index (χ3v) is 3.42. The van der Waals surface area contributed by atoms with E-state index in [-0.39, 0.29) is 6.42 Å². The summed E-state index contributed by atoms with van der Waals surface area (Å²) < 4.78 is 0. The van der Waals surface area contributed by atoms with E-state index in [2.05, 4.69) is 6.92 Å². The third-order valence-electron chi connectivity index (χ3n) is 3.42. The van der Waals surface area contributed by atoms with Crippen molar-refractivity contribution in [1.82, 2.24) is 0 Å². The lowest BCUT2D eigenvalue weighted by molar-refractivity contribution is -0.174. The van der Waals surface area contributed by atoms with E-state index in [0.717, 1.165) is 19.3 Å². The van der Waals surface area contributed by atoms with E-state index < -0.39 is 22.8 Å². The van der Waals surface area contributed by atoms with Crippen LogP contribution in [0.4, 0.5) is 0 Å². The number of aliphatic carboxylic acids is 2. The van der Waals surface area contributed by atoms with Crippen molar-refractivity contribution in [3.05, 3.63) is 0 Å². The molecular formula is C13H24O4. The van der Waals surface area contributed by atoms with Gasteiger partial charge in [-0.1, -0.05) is 53.4 Å². The van der Waals surface area contributed by atoms with Crippen molar-refractivity contribution in [3.8, 4) is 0 Å². The molecule has 17 heavy (non-hydrogen) atoms. The van der Waals surface area contributed by atoms with Gasteiger partial charge in [-0.25, -0.2) is 0 Å². The summed E-state index contributed by atoms with van der Waals surface area (Å²) in [4.78, 5) is 22.8. The number of hydrogen-bond acceptors (Lipinski definition) is 2. The van der Waals surface area contributed by atoms with Crippen molar-refractivity contribution < 1.29 is 19.8 Å². The molecule has 0 aromatic carbocycles. The predicted molar refractivity (Wildman–Crippen MR) is 65.9 cm³/mol. The number of carboxylic acid groups (broad SMARTS) is 2. The van der Waals surface area contributed by atoms with Crippen LogP contribution in [0.1, 0.15) is 59.8 Å². The molecule has 0 unspecified atom stereocenters. The highest BCUT2D eigenvalue weighted by atomic mass is 16.4. The van der Waals surface area contributed by atoms with Gasteiger partial charge in [-0.15, -0.1) is 0 Å². The molecule has 0 saturated heterocycles. The Labute approximate surface area is 103 Å². The van der Waals surface area contributed by atoms with Gasteiger partial charge in [0.1, 0.15) is 0 Å². The van der Waals surface area contributed by atoms with Crippen LogP contribution in [0, 0.1) is 10.8 Å². The number of carbonyl (C=O) groups is 2. The van der Waals surface area contributed by atoms with Gasteiger partial charge in [-0.2, -0.15) is 0 Å². The second-order valence-corrected chi connectivity index (χ2v) is 5.58. The van der Waals surface area contributed by atoms with Crippen LogP contribution >= 0.6 is 0 Å². The highest BCUT2D eigenvalue weighted by Crippen LogP contribution is 2.43. The molecule has 0 rings (SSSR count). The molecule has 2 N–H and O–H groups in total. The molecule has 100 valence electrons. The van der Waals surface area contributed by atoms with E-state index in [1.165, 1.54) is 0 Å². The van der Waals surface area contributed by atoms with Crippen molar-refractivity contribution >= 4 is 11.9 Å². The molecule has 4 nitrogen and oxygen atoms in total. The molecule has 0 saturated carbocycles. The molecular weight excluding hydrogens is 220 g/mol. The van der Waals surface area contributed by atoms with Gasteiger partial charge < -0.3 is 10.2 Å². The topological polar surface area (TPSA) is 74.6 Å². The first-order chi connectivity index (χ1) is 7.70. The van der Waals surface area contributed by atoms with Crippen molar-refractivity contribution in [1.29, 1.82) is 0 Å². The SMILES string of the molecule is CCCCCCC(C(=O)O)(C(=O)O)C(C)(C)C. The van der Waals surface area contributed by atoms with Gasteiger partial charge in [0.15, 0.2) is 5.41 Å². The average Bonchev–Trinajstić information content (AvgIpc) is 2.14. The molecule has 0 radical (unpaired) electrons. The monoisotopic (exact) mass is 244 g/mol. The molecule has 0 atom stereocenters. The first kappa shape index (κ1) is 15.9. The molecule has 0 bridgehead atoms. The van der Waals surface area contributed by atoms with Crippen LogP contribution in [0.2, 0.25) is 0 Å². The lowest BCUT2D eigenvalue weighted by Crippen LogP contribution is -2.49. The highest BCUT2D eigenvalue weighted by Gasteiger charge is 2.54. The lowest BCUT2D eigenvalue weighted by atomic mass is 9.64. The van der Waals surface area contributed by atoms with Crippen molar-refractivity contribution in [2.45, 2.75) is 59.8 Å². The summed E-state index contributed by atoms with van der Waals surface area (Å²) in [7, 11) is 0. The fourth-order valence-electron chi connectivity index (χ4n) is 2.14. The van der Waals surface area contributed by atoms with Gasteiger partial charge in [0.2, 0.25) is 0 Å². The summed E-state index contributed by atoms with van der Waals surface area (Å²) >= 11 is 0. The van der Waals surface area contributed by atoms with E-state index in [1.807, 2.05) is 0 Å². The Morgan fingerprint density at radius 2 is 1.41 bits per heavy atom. The molecule has 0 aliphatic carbocycles. The predicted octanol–water partition coefficient (Wildman–Crippen LogP) is 3.16. The van der Waals surface area contributed by atoms with E-state index in [0.29, 0.717) is 6.42 Å². The molecule has 0 aromatic rings. The number of rotatable bonds is 7. The summed E-state index contributed by atoms with van der Waals surface area (Å²) in [6.07, 6.45) is 3.78. The van der Waals surface area contributed by atoms with Gasteiger partial charge in [0.25, 0.3) is 0 Å². The zero-order chi connectivity index (χ0) is 13.7. The Morgan fingerprint density at radius 1 is 0.941 bits per heavy atom. The normalized spacial score (nSPS) is 12.5. The van der Waals surface area contributed by atoms with Crippen LogP contribution in [0.15, 0.2) is 0 Å². The summed E-state index contributed by atoms with van der Waals surface area (Å²) in [5.41, 5.74) is -2.47. The Bertz CT molecular complexity index is 262. The fourth-order valence-corrected chi connectivity index (χ4v) is 2.14. The van der Waals surface area contributed by atoms with Crippen LogP contribution in [-0.2, 0) is 9.59 Å². The van der Waals surface area contributed by atoms with Gasteiger partial charge in [0, 0.05) is 0 Å². The largest absolute Gasteiger partial charge is 0.480 e. The van der Waals surface area contributed by atoms with Crippen molar-refractivity contribution in [2.75, 3.05) is 0 Å². The molecule has 0 aromatic heterocycles. The molecule has 0 fully saturated rings. The lowest BCUT2D eigenvalue weighted by Gasteiger charge is -2.37. The van der Waals surface area contributed by atoms with E-state index >= 15 is 0 Å². The first-order valence-corrected chi connectivity index (χ1v) is 6.17. The summed E-state index contributed by atoms with van der Waals surface area (Å²) in [5, 5.41) is 18.6. The minimum Gasteiger partial charge on any atom is -0.480 e. The zero-order valence-corrected chi connectivity index (χ0v) is 11.2. The third kappa shape index (κ3) is 3.45.